The first kappa shape index (κ1) is 21.3. The fraction of sp³-hybridized carbons (Fsp3) is 0.625. The number of hydrogen-bond donors (Lipinski definition) is 0. The molecule has 0 unspecified atom stereocenters. The number of rotatable bonds is 5. The van der Waals surface area contributed by atoms with Gasteiger partial charge < -0.3 is 4.90 Å². The van der Waals surface area contributed by atoms with Crippen molar-refractivity contribution in [3.8, 4) is 0 Å². The number of halogens is 1. The highest BCUT2D eigenvalue weighted by Crippen LogP contribution is 2.24. The van der Waals surface area contributed by atoms with Crippen molar-refractivity contribution in [3.05, 3.63) is 47.0 Å². The van der Waals surface area contributed by atoms with Gasteiger partial charge in [0.05, 0.1) is 5.69 Å². The molecule has 0 aliphatic carbocycles. The lowest BCUT2D eigenvalue weighted by Crippen LogP contribution is -2.55. The summed E-state index contributed by atoms with van der Waals surface area (Å²) in [7, 11) is 0. The quantitative estimate of drug-likeness (QED) is 0.740. The Hall–Kier alpha value is -1.92. The van der Waals surface area contributed by atoms with E-state index in [2.05, 4.69) is 47.1 Å². The Balaban J connectivity index is 1.34. The summed E-state index contributed by atoms with van der Waals surface area (Å²) in [5, 5.41) is 4.78. The predicted octanol–water partition coefficient (Wildman–Crippen LogP) is 4.01. The maximum atomic E-state index is 13.2. The SMILES string of the molecule is Cc1nn(C(C)C)c(C)c1CN1CCC[C@H](N2CCN(c3ccc(F)cc3)CC2)C1. The largest absolute Gasteiger partial charge is 0.369 e. The van der Waals surface area contributed by atoms with Crippen LogP contribution in [0.25, 0.3) is 0 Å². The third kappa shape index (κ3) is 4.54. The molecule has 0 saturated carbocycles. The molecule has 6 heteroatoms. The molecule has 164 valence electrons. The first-order chi connectivity index (χ1) is 14.4. The van der Waals surface area contributed by atoms with Crippen molar-refractivity contribution in [2.45, 2.75) is 59.2 Å². The zero-order valence-electron chi connectivity index (χ0n) is 18.9. The molecule has 3 heterocycles. The van der Waals surface area contributed by atoms with Crippen molar-refractivity contribution < 1.29 is 4.39 Å². The molecule has 2 saturated heterocycles. The van der Waals surface area contributed by atoms with Crippen LogP contribution in [0, 0.1) is 19.7 Å². The van der Waals surface area contributed by atoms with Crippen LogP contribution < -0.4 is 4.90 Å². The number of aryl methyl sites for hydroxylation is 1. The monoisotopic (exact) mass is 413 g/mol. The molecule has 4 rings (SSSR count). The van der Waals surface area contributed by atoms with E-state index in [1.807, 2.05) is 12.1 Å². The summed E-state index contributed by atoms with van der Waals surface area (Å²) in [4.78, 5) is 7.68. The summed E-state index contributed by atoms with van der Waals surface area (Å²) in [5.74, 6) is -0.163. The fourth-order valence-corrected chi connectivity index (χ4v) is 5.12. The first-order valence-electron chi connectivity index (χ1n) is 11.4. The lowest BCUT2D eigenvalue weighted by atomic mass is 10.0. The minimum atomic E-state index is -0.163. The Morgan fingerprint density at radius 3 is 2.37 bits per heavy atom. The van der Waals surface area contributed by atoms with Crippen LogP contribution in [0.1, 0.15) is 49.7 Å². The Labute approximate surface area is 180 Å². The molecule has 0 radical (unpaired) electrons. The Morgan fingerprint density at radius 2 is 1.73 bits per heavy atom. The number of piperidine rings is 1. The fourth-order valence-electron chi connectivity index (χ4n) is 5.12. The van der Waals surface area contributed by atoms with Gasteiger partial charge in [-0.1, -0.05) is 0 Å². The van der Waals surface area contributed by atoms with Gasteiger partial charge in [-0.05, 0) is 71.3 Å². The number of hydrogen-bond acceptors (Lipinski definition) is 4. The van der Waals surface area contributed by atoms with Crippen molar-refractivity contribution in [3.63, 3.8) is 0 Å². The number of aromatic nitrogens is 2. The van der Waals surface area contributed by atoms with E-state index < -0.39 is 0 Å². The van der Waals surface area contributed by atoms with Crippen LogP contribution in [0.3, 0.4) is 0 Å². The van der Waals surface area contributed by atoms with Gasteiger partial charge in [0.25, 0.3) is 0 Å². The van der Waals surface area contributed by atoms with E-state index in [1.54, 1.807) is 12.1 Å². The van der Waals surface area contributed by atoms with Crippen LogP contribution in [-0.2, 0) is 6.54 Å². The number of nitrogens with zero attached hydrogens (tertiary/aromatic N) is 5. The van der Waals surface area contributed by atoms with Crippen LogP contribution in [0.4, 0.5) is 10.1 Å². The predicted molar refractivity (Wildman–Crippen MR) is 121 cm³/mol. The van der Waals surface area contributed by atoms with E-state index in [-0.39, 0.29) is 5.82 Å². The van der Waals surface area contributed by atoms with Crippen LogP contribution in [-0.4, -0.2) is 64.9 Å². The van der Waals surface area contributed by atoms with E-state index in [0.717, 1.165) is 45.0 Å². The van der Waals surface area contributed by atoms with Gasteiger partial charge >= 0.3 is 0 Å². The molecule has 2 aliphatic heterocycles. The standard InChI is InChI=1S/C24H36FN5/c1-18(2)30-20(4)24(19(3)26-30)17-27-11-5-6-23(16-27)29-14-12-28(13-15-29)22-9-7-21(25)8-10-22/h7-10,18,23H,5-6,11-17H2,1-4H3/t23-/m0/s1. The van der Waals surface area contributed by atoms with Gasteiger partial charge in [-0.3, -0.25) is 14.5 Å². The Kier molecular flexibility index (Phi) is 6.44. The highest BCUT2D eigenvalue weighted by molar-refractivity contribution is 5.46. The van der Waals surface area contributed by atoms with Crippen molar-refractivity contribution in [2.24, 2.45) is 0 Å². The van der Waals surface area contributed by atoms with E-state index in [0.29, 0.717) is 12.1 Å². The number of benzene rings is 1. The van der Waals surface area contributed by atoms with Gasteiger partial charge in [-0.2, -0.15) is 5.10 Å². The Morgan fingerprint density at radius 1 is 1.03 bits per heavy atom. The average molecular weight is 414 g/mol. The van der Waals surface area contributed by atoms with Gasteiger partial charge in [0, 0.05) is 68.3 Å². The second kappa shape index (κ2) is 9.06. The van der Waals surface area contributed by atoms with Crippen molar-refractivity contribution in [2.75, 3.05) is 44.2 Å². The van der Waals surface area contributed by atoms with Crippen molar-refractivity contribution >= 4 is 5.69 Å². The second-order valence-electron chi connectivity index (χ2n) is 9.22. The second-order valence-corrected chi connectivity index (χ2v) is 9.22. The Bertz CT molecular complexity index is 836. The highest BCUT2D eigenvalue weighted by atomic mass is 19.1. The molecule has 2 fully saturated rings. The zero-order chi connectivity index (χ0) is 21.3. The molecule has 1 aromatic heterocycles. The summed E-state index contributed by atoms with van der Waals surface area (Å²) in [5.41, 5.74) is 5.04. The molecule has 2 aliphatic rings. The lowest BCUT2D eigenvalue weighted by molar-refractivity contribution is 0.0885. The molecule has 5 nitrogen and oxygen atoms in total. The van der Waals surface area contributed by atoms with Gasteiger partial charge in [-0.25, -0.2) is 4.39 Å². The lowest BCUT2D eigenvalue weighted by Gasteiger charge is -2.44. The van der Waals surface area contributed by atoms with Crippen LogP contribution in [0.5, 0.6) is 0 Å². The average Bonchev–Trinajstić information content (AvgIpc) is 3.03. The van der Waals surface area contributed by atoms with Crippen LogP contribution in [0.15, 0.2) is 24.3 Å². The van der Waals surface area contributed by atoms with Gasteiger partial charge in [0.2, 0.25) is 0 Å². The molecule has 1 aromatic carbocycles. The minimum Gasteiger partial charge on any atom is -0.369 e. The van der Waals surface area contributed by atoms with Crippen molar-refractivity contribution in [1.29, 1.82) is 0 Å². The molecule has 1 atom stereocenters. The molecule has 0 amide bonds. The summed E-state index contributed by atoms with van der Waals surface area (Å²) in [6.45, 7) is 16.3. The first-order valence-corrected chi connectivity index (χ1v) is 11.4. The summed E-state index contributed by atoms with van der Waals surface area (Å²) < 4.78 is 15.4. The maximum absolute atomic E-state index is 13.2. The molecular formula is C24H36FN5. The summed E-state index contributed by atoms with van der Waals surface area (Å²) >= 11 is 0. The zero-order valence-corrected chi connectivity index (χ0v) is 18.9. The van der Waals surface area contributed by atoms with E-state index in [4.69, 9.17) is 5.10 Å². The molecule has 2 aromatic rings. The number of piperazine rings is 1. The van der Waals surface area contributed by atoms with E-state index in [1.165, 1.54) is 36.3 Å². The minimum absolute atomic E-state index is 0.163. The highest BCUT2D eigenvalue weighted by Gasteiger charge is 2.29. The topological polar surface area (TPSA) is 27.5 Å². The maximum Gasteiger partial charge on any atom is 0.123 e. The molecule has 0 bridgehead atoms. The normalized spacial score (nSPS) is 21.5. The van der Waals surface area contributed by atoms with Crippen molar-refractivity contribution in [1.82, 2.24) is 19.6 Å². The van der Waals surface area contributed by atoms with Crippen LogP contribution in [0.2, 0.25) is 0 Å². The van der Waals surface area contributed by atoms with E-state index in [9.17, 15) is 4.39 Å². The van der Waals surface area contributed by atoms with Gasteiger partial charge in [-0.15, -0.1) is 0 Å². The van der Waals surface area contributed by atoms with Gasteiger partial charge in [0.15, 0.2) is 0 Å². The number of likely N-dealkylation sites (tertiary alicyclic amines) is 1. The third-order valence-electron chi connectivity index (χ3n) is 6.85. The summed E-state index contributed by atoms with van der Waals surface area (Å²) in [6, 6.07) is 7.96. The number of anilines is 1. The smallest absolute Gasteiger partial charge is 0.123 e. The van der Waals surface area contributed by atoms with Gasteiger partial charge in [0.1, 0.15) is 5.82 Å². The molecule has 0 spiro atoms. The van der Waals surface area contributed by atoms with Crippen LogP contribution >= 0.6 is 0 Å². The molecule has 0 N–H and O–H groups in total. The summed E-state index contributed by atoms with van der Waals surface area (Å²) in [6.07, 6.45) is 2.55. The third-order valence-corrected chi connectivity index (χ3v) is 6.85. The molecule has 30 heavy (non-hydrogen) atoms. The van der Waals surface area contributed by atoms with E-state index >= 15 is 0 Å². The molecular weight excluding hydrogens is 377 g/mol.